The molecular weight excluding hydrogens is 451 g/mol. The Kier molecular flexibility index (Phi) is 6.93. The average molecular weight is 479 g/mol. The smallest absolute Gasteiger partial charge is 0.293 e. The second-order valence-corrected chi connectivity index (χ2v) is 9.37. The van der Waals surface area contributed by atoms with Gasteiger partial charge in [0.2, 0.25) is 0 Å². The molecule has 1 aromatic heterocycles. The molecule has 4 rings (SSSR count). The molecule has 0 saturated carbocycles. The van der Waals surface area contributed by atoms with Crippen LogP contribution >= 0.6 is 11.8 Å². The highest BCUT2D eigenvalue weighted by Crippen LogP contribution is 2.35. The van der Waals surface area contributed by atoms with Crippen molar-refractivity contribution in [2.75, 3.05) is 0 Å². The van der Waals surface area contributed by atoms with Gasteiger partial charge in [-0.25, -0.2) is 4.39 Å². The van der Waals surface area contributed by atoms with E-state index in [9.17, 15) is 14.0 Å². The minimum absolute atomic E-state index is 0.116. The van der Waals surface area contributed by atoms with Crippen molar-refractivity contribution < 1.29 is 18.7 Å². The number of ether oxygens (including phenoxy) is 1. The van der Waals surface area contributed by atoms with E-state index in [-0.39, 0.29) is 23.0 Å². The van der Waals surface area contributed by atoms with Crippen LogP contribution in [0.3, 0.4) is 0 Å². The van der Waals surface area contributed by atoms with E-state index in [4.69, 9.17) is 4.74 Å². The second-order valence-electron chi connectivity index (χ2n) is 8.38. The SMILES string of the molecule is CC[C@@H](C)N1C(=O)S/C(=C/c2cc(C)n(-c3ccc(OCc4ccc(F)cc4)cc3)c2C)C1=O. The maximum Gasteiger partial charge on any atom is 0.293 e. The van der Waals surface area contributed by atoms with Gasteiger partial charge in [0.1, 0.15) is 18.2 Å². The number of thioether (sulfide) groups is 1. The largest absolute Gasteiger partial charge is 0.489 e. The maximum atomic E-state index is 13.1. The molecule has 3 aromatic rings. The van der Waals surface area contributed by atoms with E-state index < -0.39 is 0 Å². The zero-order valence-electron chi connectivity index (χ0n) is 19.7. The first-order valence-electron chi connectivity index (χ1n) is 11.2. The number of carbonyl (C=O) groups excluding carboxylic acids is 2. The first kappa shape index (κ1) is 23.8. The van der Waals surface area contributed by atoms with Gasteiger partial charge in [0.25, 0.3) is 11.1 Å². The van der Waals surface area contributed by atoms with Crippen LogP contribution in [0.25, 0.3) is 11.8 Å². The van der Waals surface area contributed by atoms with Crippen LogP contribution in [0.1, 0.15) is 42.8 Å². The van der Waals surface area contributed by atoms with Crippen LogP contribution in [0.4, 0.5) is 9.18 Å². The maximum absolute atomic E-state index is 13.1. The Morgan fingerprint density at radius 2 is 1.74 bits per heavy atom. The molecule has 1 saturated heterocycles. The molecule has 0 aliphatic carbocycles. The number of imide groups is 1. The second kappa shape index (κ2) is 9.89. The molecule has 0 N–H and O–H groups in total. The minimum atomic E-state index is -0.268. The molecule has 0 spiro atoms. The number of hydrogen-bond donors (Lipinski definition) is 0. The quantitative estimate of drug-likeness (QED) is 0.357. The molecule has 0 bridgehead atoms. The lowest BCUT2D eigenvalue weighted by Crippen LogP contribution is -2.36. The molecular formula is C27H27FN2O3S. The normalized spacial score (nSPS) is 15.9. The van der Waals surface area contributed by atoms with Gasteiger partial charge in [-0.2, -0.15) is 0 Å². The number of halogens is 1. The van der Waals surface area contributed by atoms with E-state index in [1.54, 1.807) is 12.1 Å². The number of aryl methyl sites for hydroxylation is 1. The molecule has 176 valence electrons. The Bertz CT molecular complexity index is 1250. The molecule has 34 heavy (non-hydrogen) atoms. The molecule has 5 nitrogen and oxygen atoms in total. The molecule has 1 fully saturated rings. The summed E-state index contributed by atoms with van der Waals surface area (Å²) in [5.74, 6) is 0.224. The van der Waals surface area contributed by atoms with Gasteiger partial charge in [0, 0.05) is 23.1 Å². The Morgan fingerprint density at radius 1 is 1.06 bits per heavy atom. The molecule has 1 aliphatic heterocycles. The number of rotatable bonds is 7. The van der Waals surface area contributed by atoms with Gasteiger partial charge >= 0.3 is 0 Å². The number of aromatic nitrogens is 1. The summed E-state index contributed by atoms with van der Waals surface area (Å²) in [7, 11) is 0. The topological polar surface area (TPSA) is 51.5 Å². The summed E-state index contributed by atoms with van der Waals surface area (Å²) in [6, 6.07) is 15.9. The number of amides is 2. The van der Waals surface area contributed by atoms with E-state index in [1.807, 2.05) is 64.1 Å². The zero-order chi connectivity index (χ0) is 24.4. The summed E-state index contributed by atoms with van der Waals surface area (Å²) in [6.45, 7) is 8.21. The first-order valence-corrected chi connectivity index (χ1v) is 12.0. The minimum Gasteiger partial charge on any atom is -0.489 e. The van der Waals surface area contributed by atoms with E-state index in [0.29, 0.717) is 11.5 Å². The fraction of sp³-hybridized carbons (Fsp3) is 0.259. The van der Waals surface area contributed by atoms with Crippen LogP contribution in [-0.4, -0.2) is 26.7 Å². The van der Waals surface area contributed by atoms with Crippen molar-refractivity contribution in [3.8, 4) is 11.4 Å². The van der Waals surface area contributed by atoms with Gasteiger partial charge in [-0.1, -0.05) is 19.1 Å². The molecule has 0 unspecified atom stereocenters. The number of hydrogen-bond acceptors (Lipinski definition) is 4. The van der Waals surface area contributed by atoms with Crippen molar-refractivity contribution in [3.63, 3.8) is 0 Å². The summed E-state index contributed by atoms with van der Waals surface area (Å²) in [6.07, 6.45) is 2.54. The van der Waals surface area contributed by atoms with Gasteiger partial charge in [0.05, 0.1) is 4.91 Å². The van der Waals surface area contributed by atoms with Gasteiger partial charge in [0.15, 0.2) is 0 Å². The highest BCUT2D eigenvalue weighted by atomic mass is 32.2. The Labute approximate surface area is 203 Å². The van der Waals surface area contributed by atoms with Crippen LogP contribution in [0.15, 0.2) is 59.5 Å². The van der Waals surface area contributed by atoms with E-state index in [0.717, 1.165) is 52.1 Å². The van der Waals surface area contributed by atoms with Crippen molar-refractivity contribution in [3.05, 3.63) is 87.8 Å². The lowest BCUT2D eigenvalue weighted by molar-refractivity contribution is -0.124. The summed E-state index contributed by atoms with van der Waals surface area (Å²) < 4.78 is 21.0. The zero-order valence-corrected chi connectivity index (χ0v) is 20.5. The number of nitrogens with zero attached hydrogens (tertiary/aromatic N) is 2. The Balaban J connectivity index is 1.52. The summed E-state index contributed by atoms with van der Waals surface area (Å²) in [5.41, 5.74) is 4.77. The monoisotopic (exact) mass is 478 g/mol. The molecule has 2 amide bonds. The standard InChI is InChI=1S/C27H27FN2O3S/c1-5-17(2)30-26(31)25(34-27(30)32)15-21-14-18(3)29(19(21)4)23-10-12-24(13-11-23)33-16-20-6-8-22(28)9-7-20/h6-15,17H,5,16H2,1-4H3/b25-15+/t17-/m1/s1. The summed E-state index contributed by atoms with van der Waals surface area (Å²) in [4.78, 5) is 26.9. The van der Waals surface area contributed by atoms with Crippen molar-refractivity contribution in [1.82, 2.24) is 9.47 Å². The van der Waals surface area contributed by atoms with Crippen LogP contribution in [0, 0.1) is 19.7 Å². The fourth-order valence-electron chi connectivity index (χ4n) is 3.95. The third kappa shape index (κ3) is 4.80. The van der Waals surface area contributed by atoms with Gasteiger partial charge in [-0.15, -0.1) is 0 Å². The third-order valence-electron chi connectivity index (χ3n) is 6.03. The van der Waals surface area contributed by atoms with Gasteiger partial charge in [-0.3, -0.25) is 14.5 Å². The first-order chi connectivity index (χ1) is 16.3. The third-order valence-corrected chi connectivity index (χ3v) is 6.91. The van der Waals surface area contributed by atoms with Crippen LogP contribution in [0.5, 0.6) is 5.75 Å². The lowest BCUT2D eigenvalue weighted by atomic mass is 10.2. The predicted molar refractivity (Wildman–Crippen MR) is 134 cm³/mol. The van der Waals surface area contributed by atoms with Crippen molar-refractivity contribution in [2.24, 2.45) is 0 Å². The fourth-order valence-corrected chi connectivity index (χ4v) is 4.87. The Morgan fingerprint density at radius 3 is 2.38 bits per heavy atom. The van der Waals surface area contributed by atoms with E-state index in [2.05, 4.69) is 4.57 Å². The molecule has 1 atom stereocenters. The van der Waals surface area contributed by atoms with Crippen LogP contribution in [-0.2, 0) is 11.4 Å². The highest BCUT2D eigenvalue weighted by Gasteiger charge is 2.37. The Hall–Kier alpha value is -3.32. The number of benzene rings is 2. The van der Waals surface area contributed by atoms with Crippen LogP contribution in [0.2, 0.25) is 0 Å². The predicted octanol–water partition coefficient (Wildman–Crippen LogP) is 6.65. The van der Waals surface area contributed by atoms with Gasteiger partial charge in [-0.05, 0) is 98.6 Å². The van der Waals surface area contributed by atoms with Crippen LogP contribution < -0.4 is 4.74 Å². The molecule has 1 aliphatic rings. The van der Waals surface area contributed by atoms with E-state index >= 15 is 0 Å². The molecule has 2 aromatic carbocycles. The summed E-state index contributed by atoms with van der Waals surface area (Å²) in [5, 5.41) is -0.212. The van der Waals surface area contributed by atoms with Crippen molar-refractivity contribution in [1.29, 1.82) is 0 Å². The average Bonchev–Trinajstić information content (AvgIpc) is 3.27. The van der Waals surface area contributed by atoms with Crippen molar-refractivity contribution in [2.45, 2.75) is 46.8 Å². The van der Waals surface area contributed by atoms with Gasteiger partial charge < -0.3 is 9.30 Å². The molecule has 7 heteroatoms. The lowest BCUT2D eigenvalue weighted by Gasteiger charge is -2.19. The molecule has 0 radical (unpaired) electrons. The summed E-state index contributed by atoms with van der Waals surface area (Å²) >= 11 is 0.998. The molecule has 2 heterocycles. The van der Waals surface area contributed by atoms with E-state index in [1.165, 1.54) is 17.0 Å². The highest BCUT2D eigenvalue weighted by molar-refractivity contribution is 8.18. The van der Waals surface area contributed by atoms with Crippen molar-refractivity contribution >= 4 is 29.0 Å². The number of carbonyl (C=O) groups is 2.